The van der Waals surface area contributed by atoms with Crippen molar-refractivity contribution in [2.24, 2.45) is 10.7 Å². The van der Waals surface area contributed by atoms with Crippen LogP contribution in [0.1, 0.15) is 38.4 Å². The van der Waals surface area contributed by atoms with Crippen LogP contribution in [0.25, 0.3) is 10.9 Å². The molecule has 2 aromatic carbocycles. The van der Waals surface area contributed by atoms with Gasteiger partial charge < -0.3 is 15.4 Å². The van der Waals surface area contributed by atoms with E-state index in [0.717, 1.165) is 6.07 Å². The number of hydrogen-bond donors (Lipinski definition) is 2. The minimum atomic E-state index is -1.17. The quantitative estimate of drug-likeness (QED) is 0.671. The highest BCUT2D eigenvalue weighted by Crippen LogP contribution is 2.34. The molecule has 1 aliphatic heterocycles. The average Bonchev–Trinajstić information content (AvgIpc) is 3.03. The fourth-order valence-corrected chi connectivity index (χ4v) is 3.79. The molecule has 4 rings (SSSR count). The van der Waals surface area contributed by atoms with Crippen LogP contribution in [0.2, 0.25) is 0 Å². The zero-order valence-corrected chi connectivity index (χ0v) is 15.5. The van der Waals surface area contributed by atoms with Gasteiger partial charge in [0.05, 0.1) is 35.5 Å². The Morgan fingerprint density at radius 3 is 2.60 bits per heavy atom. The number of carboxylic acid groups (broad SMARTS) is 1. The van der Waals surface area contributed by atoms with Gasteiger partial charge in [0.15, 0.2) is 17.4 Å². The maximum Gasteiger partial charge on any atom is 0.309 e. The van der Waals surface area contributed by atoms with Crippen molar-refractivity contribution < 1.29 is 28.3 Å². The number of ketones is 1. The first kappa shape index (κ1) is 19.4. The fraction of sp³-hybridized carbons (Fsp3) is 0.143. The fourth-order valence-electron chi connectivity index (χ4n) is 3.79. The summed E-state index contributed by atoms with van der Waals surface area (Å²) in [7, 11) is 0. The van der Waals surface area contributed by atoms with E-state index < -0.39 is 35.7 Å². The topological polar surface area (TPSA) is 115 Å². The summed E-state index contributed by atoms with van der Waals surface area (Å²) in [6, 6.07) is 8.31. The van der Waals surface area contributed by atoms with Crippen LogP contribution in [0.4, 0.5) is 8.78 Å². The summed E-state index contributed by atoms with van der Waals surface area (Å²) in [5, 5.41) is 9.53. The number of aromatic nitrogens is 1. The third-order valence-corrected chi connectivity index (χ3v) is 5.00. The summed E-state index contributed by atoms with van der Waals surface area (Å²) < 4.78 is 29.6. The zero-order chi connectivity index (χ0) is 21.6. The molecule has 7 nitrogen and oxygen atoms in total. The molecular weight excluding hydrogens is 396 g/mol. The van der Waals surface area contributed by atoms with E-state index in [2.05, 4.69) is 4.99 Å². The Balaban J connectivity index is 2.06. The van der Waals surface area contributed by atoms with Crippen LogP contribution in [0, 0.1) is 11.6 Å². The van der Waals surface area contributed by atoms with Gasteiger partial charge in [-0.05, 0) is 18.2 Å². The molecule has 0 bridgehead atoms. The van der Waals surface area contributed by atoms with Gasteiger partial charge in [0, 0.05) is 16.5 Å². The van der Waals surface area contributed by atoms with E-state index in [1.54, 1.807) is 12.1 Å². The summed E-state index contributed by atoms with van der Waals surface area (Å²) in [5.74, 6) is -4.45. The Bertz CT molecular complexity index is 1280. The standard InChI is InChI=1S/C21H15F2N3O4/c22-12-5-1-3-10(19(12)23)9-26-14-6-2-4-11(21(24)30)17(14)18-15(27)8-25-13(20(18)26)7-16(28)29/h1-6H,7-9H2,(H2,24,30)(H,28,29). The van der Waals surface area contributed by atoms with Crippen molar-refractivity contribution in [2.45, 2.75) is 13.0 Å². The smallest absolute Gasteiger partial charge is 0.309 e. The molecule has 1 aromatic heterocycles. The number of halogens is 2. The first-order valence-corrected chi connectivity index (χ1v) is 8.96. The van der Waals surface area contributed by atoms with Crippen molar-refractivity contribution in [2.75, 3.05) is 6.54 Å². The third kappa shape index (κ3) is 3.04. The van der Waals surface area contributed by atoms with Crippen LogP contribution in [0.15, 0.2) is 41.4 Å². The minimum Gasteiger partial charge on any atom is -0.481 e. The largest absolute Gasteiger partial charge is 0.481 e. The number of primary amides is 1. The van der Waals surface area contributed by atoms with Gasteiger partial charge in [0.25, 0.3) is 0 Å². The molecule has 0 saturated heterocycles. The Hall–Kier alpha value is -3.88. The number of carboxylic acids is 1. The maximum absolute atomic E-state index is 14.4. The molecule has 0 unspecified atom stereocenters. The number of amides is 1. The van der Waals surface area contributed by atoms with Crippen LogP contribution in [-0.4, -0.2) is 39.6 Å². The van der Waals surface area contributed by atoms with Crippen molar-refractivity contribution in [1.82, 2.24) is 4.57 Å². The highest BCUT2D eigenvalue weighted by molar-refractivity contribution is 6.26. The molecule has 30 heavy (non-hydrogen) atoms. The molecule has 0 aliphatic carbocycles. The monoisotopic (exact) mass is 411 g/mol. The van der Waals surface area contributed by atoms with Crippen LogP contribution in [0.5, 0.6) is 0 Å². The first-order chi connectivity index (χ1) is 14.3. The first-order valence-electron chi connectivity index (χ1n) is 8.96. The Labute approximate surface area is 168 Å². The number of benzene rings is 2. The molecule has 0 saturated carbocycles. The van der Waals surface area contributed by atoms with Gasteiger partial charge in [-0.15, -0.1) is 0 Å². The number of aliphatic carboxylic acids is 1. The number of Topliss-reactive ketones (excluding diaryl/α,β-unsaturated/α-hetero) is 1. The second-order valence-electron chi connectivity index (χ2n) is 6.84. The second-order valence-corrected chi connectivity index (χ2v) is 6.84. The van der Waals surface area contributed by atoms with Gasteiger partial charge in [-0.2, -0.15) is 0 Å². The van der Waals surface area contributed by atoms with Crippen LogP contribution >= 0.6 is 0 Å². The lowest BCUT2D eigenvalue weighted by Crippen LogP contribution is -2.24. The number of fused-ring (bicyclic) bond motifs is 3. The molecule has 3 aromatic rings. The van der Waals surface area contributed by atoms with E-state index in [9.17, 15) is 28.3 Å². The lowest BCUT2D eigenvalue weighted by molar-refractivity contribution is -0.135. The molecule has 2 heterocycles. The molecule has 152 valence electrons. The van der Waals surface area contributed by atoms with E-state index in [1.165, 1.54) is 22.8 Å². The van der Waals surface area contributed by atoms with E-state index in [1.807, 2.05) is 0 Å². The number of nitrogens with two attached hydrogens (primary N) is 1. The van der Waals surface area contributed by atoms with Gasteiger partial charge in [-0.3, -0.25) is 19.4 Å². The number of rotatable bonds is 5. The molecule has 0 atom stereocenters. The summed E-state index contributed by atoms with van der Waals surface area (Å²) >= 11 is 0. The highest BCUT2D eigenvalue weighted by Gasteiger charge is 2.32. The molecule has 0 fully saturated rings. The Kier molecular flexibility index (Phi) is 4.65. The number of nitrogens with zero attached hydrogens (tertiary/aromatic N) is 2. The van der Waals surface area contributed by atoms with E-state index in [0.29, 0.717) is 5.52 Å². The summed E-state index contributed by atoms with van der Waals surface area (Å²) in [4.78, 5) is 40.2. The number of aliphatic imine (C=N–C) groups is 1. The normalized spacial score (nSPS) is 13.3. The summed E-state index contributed by atoms with van der Waals surface area (Å²) in [6.45, 7) is -0.486. The van der Waals surface area contributed by atoms with Crippen molar-refractivity contribution in [3.63, 3.8) is 0 Å². The third-order valence-electron chi connectivity index (χ3n) is 5.00. The van der Waals surface area contributed by atoms with E-state index in [-0.39, 0.29) is 46.6 Å². The predicted octanol–water partition coefficient (Wildman–Crippen LogP) is 2.53. The number of carbonyl (C=O) groups is 3. The molecular formula is C21H15F2N3O4. The van der Waals surface area contributed by atoms with Gasteiger partial charge in [0.2, 0.25) is 5.91 Å². The Morgan fingerprint density at radius 1 is 1.17 bits per heavy atom. The zero-order valence-electron chi connectivity index (χ0n) is 15.5. The SMILES string of the molecule is NC(=O)c1cccc2c1c1c(n2Cc2cccc(F)c2F)C(CC(=O)O)=NCC1=O. The van der Waals surface area contributed by atoms with E-state index in [4.69, 9.17) is 5.73 Å². The minimum absolute atomic E-state index is 0.00752. The van der Waals surface area contributed by atoms with Gasteiger partial charge >= 0.3 is 5.97 Å². The van der Waals surface area contributed by atoms with Crippen LogP contribution in [0.3, 0.4) is 0 Å². The lowest BCUT2D eigenvalue weighted by atomic mass is 9.96. The number of hydrogen-bond acceptors (Lipinski definition) is 4. The average molecular weight is 411 g/mol. The molecule has 0 radical (unpaired) electrons. The van der Waals surface area contributed by atoms with Crippen molar-refractivity contribution in [3.05, 3.63) is 70.4 Å². The van der Waals surface area contributed by atoms with Crippen LogP contribution in [-0.2, 0) is 11.3 Å². The molecule has 3 N–H and O–H groups in total. The van der Waals surface area contributed by atoms with Gasteiger partial charge in [-0.25, -0.2) is 8.78 Å². The maximum atomic E-state index is 14.4. The van der Waals surface area contributed by atoms with Gasteiger partial charge in [0.1, 0.15) is 6.54 Å². The molecule has 1 amide bonds. The predicted molar refractivity (Wildman–Crippen MR) is 104 cm³/mol. The Morgan fingerprint density at radius 2 is 1.90 bits per heavy atom. The molecule has 0 spiro atoms. The van der Waals surface area contributed by atoms with Crippen LogP contribution < -0.4 is 5.73 Å². The lowest BCUT2D eigenvalue weighted by Gasteiger charge is -2.17. The van der Waals surface area contributed by atoms with Crippen molar-refractivity contribution in [3.8, 4) is 0 Å². The second kappa shape index (κ2) is 7.18. The van der Waals surface area contributed by atoms with Crippen molar-refractivity contribution >= 4 is 34.3 Å². The highest BCUT2D eigenvalue weighted by atomic mass is 19.2. The number of carbonyl (C=O) groups excluding carboxylic acids is 2. The molecule has 1 aliphatic rings. The summed E-state index contributed by atoms with van der Waals surface area (Å²) in [5.41, 5.74) is 6.32. The van der Waals surface area contributed by atoms with Gasteiger partial charge in [-0.1, -0.05) is 18.2 Å². The molecule has 9 heteroatoms. The van der Waals surface area contributed by atoms with E-state index >= 15 is 0 Å². The van der Waals surface area contributed by atoms with Crippen molar-refractivity contribution in [1.29, 1.82) is 0 Å². The summed E-state index contributed by atoms with van der Waals surface area (Å²) in [6.07, 6.45) is -0.478.